The van der Waals surface area contributed by atoms with Crippen LogP contribution in [0, 0.1) is 6.92 Å². The molecular formula is C26H32N4O3. The smallest absolute Gasteiger partial charge is 0.332 e. The fraction of sp³-hybridized carbons (Fsp3) is 0.423. The van der Waals surface area contributed by atoms with Crippen molar-refractivity contribution in [2.75, 3.05) is 31.1 Å². The van der Waals surface area contributed by atoms with Crippen LogP contribution in [-0.2, 0) is 17.8 Å². The van der Waals surface area contributed by atoms with E-state index in [9.17, 15) is 14.4 Å². The Balaban J connectivity index is 1.44. The highest BCUT2D eigenvalue weighted by molar-refractivity contribution is 6.06. The Kier molecular flexibility index (Phi) is 7.40. The van der Waals surface area contributed by atoms with Crippen LogP contribution in [0.5, 0.6) is 0 Å². The molecule has 1 saturated heterocycles. The SMILES string of the molecule is Cc1cc(C(=O)N2CCCCc3ccccc32)ccc1CNC(=O)N(CC=O)N1CCCC1. The van der Waals surface area contributed by atoms with E-state index in [-0.39, 0.29) is 18.5 Å². The first kappa shape index (κ1) is 23.0. The number of hydrogen-bond acceptors (Lipinski definition) is 4. The summed E-state index contributed by atoms with van der Waals surface area (Å²) in [4.78, 5) is 39.0. The summed E-state index contributed by atoms with van der Waals surface area (Å²) in [5.41, 5.74) is 4.78. The molecule has 2 aliphatic heterocycles. The molecule has 2 aromatic carbocycles. The number of urea groups is 1. The van der Waals surface area contributed by atoms with E-state index in [1.54, 1.807) is 0 Å². The molecule has 0 saturated carbocycles. The van der Waals surface area contributed by atoms with Crippen molar-refractivity contribution in [1.29, 1.82) is 0 Å². The molecule has 0 unspecified atom stereocenters. The molecule has 0 bridgehead atoms. The third-order valence-corrected chi connectivity index (χ3v) is 6.53. The Morgan fingerprint density at radius 3 is 2.55 bits per heavy atom. The third kappa shape index (κ3) is 5.25. The first-order valence-electron chi connectivity index (χ1n) is 11.8. The van der Waals surface area contributed by atoms with Crippen LogP contribution in [0.4, 0.5) is 10.5 Å². The van der Waals surface area contributed by atoms with Crippen LogP contribution in [0.15, 0.2) is 42.5 Å². The zero-order valence-corrected chi connectivity index (χ0v) is 19.3. The molecule has 0 aromatic heterocycles. The summed E-state index contributed by atoms with van der Waals surface area (Å²) in [5, 5.41) is 6.34. The second kappa shape index (κ2) is 10.6. The van der Waals surface area contributed by atoms with Crippen molar-refractivity contribution in [3.8, 4) is 0 Å². The van der Waals surface area contributed by atoms with Crippen LogP contribution in [0.2, 0.25) is 0 Å². The number of carbonyl (C=O) groups excluding carboxylic acids is 3. The van der Waals surface area contributed by atoms with E-state index < -0.39 is 0 Å². The molecule has 0 radical (unpaired) electrons. The van der Waals surface area contributed by atoms with Crippen molar-refractivity contribution in [3.63, 3.8) is 0 Å². The lowest BCUT2D eigenvalue weighted by atomic mass is 10.0. The van der Waals surface area contributed by atoms with Gasteiger partial charge in [0.1, 0.15) is 6.29 Å². The monoisotopic (exact) mass is 448 g/mol. The third-order valence-electron chi connectivity index (χ3n) is 6.53. The summed E-state index contributed by atoms with van der Waals surface area (Å²) in [7, 11) is 0. The summed E-state index contributed by atoms with van der Waals surface area (Å²) < 4.78 is 0. The van der Waals surface area contributed by atoms with Gasteiger partial charge in [0.2, 0.25) is 0 Å². The molecule has 0 atom stereocenters. The molecule has 7 heteroatoms. The van der Waals surface area contributed by atoms with Gasteiger partial charge in [-0.25, -0.2) is 14.8 Å². The van der Waals surface area contributed by atoms with Gasteiger partial charge < -0.3 is 15.0 Å². The van der Waals surface area contributed by atoms with Gasteiger partial charge in [0, 0.05) is 37.4 Å². The van der Waals surface area contributed by atoms with Gasteiger partial charge >= 0.3 is 6.03 Å². The predicted octanol–water partition coefficient (Wildman–Crippen LogP) is 3.70. The van der Waals surface area contributed by atoms with Crippen LogP contribution in [0.1, 0.15) is 52.7 Å². The molecule has 174 valence electrons. The number of aryl methyl sites for hydroxylation is 2. The van der Waals surface area contributed by atoms with Crippen molar-refractivity contribution in [2.24, 2.45) is 0 Å². The van der Waals surface area contributed by atoms with E-state index in [4.69, 9.17) is 0 Å². The number of rotatable bonds is 6. The first-order valence-corrected chi connectivity index (χ1v) is 11.8. The number of benzene rings is 2. The molecule has 33 heavy (non-hydrogen) atoms. The maximum Gasteiger partial charge on any atom is 0.332 e. The fourth-order valence-electron chi connectivity index (χ4n) is 4.69. The zero-order valence-electron chi connectivity index (χ0n) is 19.3. The highest BCUT2D eigenvalue weighted by Gasteiger charge is 2.25. The van der Waals surface area contributed by atoms with Crippen LogP contribution in [0.3, 0.4) is 0 Å². The molecular weight excluding hydrogens is 416 g/mol. The zero-order chi connectivity index (χ0) is 23.2. The number of aldehydes is 1. The van der Waals surface area contributed by atoms with Crippen molar-refractivity contribution >= 4 is 23.9 Å². The highest BCUT2D eigenvalue weighted by atomic mass is 16.2. The van der Waals surface area contributed by atoms with Gasteiger partial charge in [0.05, 0.1) is 6.54 Å². The Bertz CT molecular complexity index is 1020. The normalized spacial score (nSPS) is 16.1. The average molecular weight is 449 g/mol. The summed E-state index contributed by atoms with van der Waals surface area (Å²) in [6.45, 7) is 4.64. The second-order valence-electron chi connectivity index (χ2n) is 8.75. The minimum absolute atomic E-state index is 0.00854. The molecule has 0 aliphatic carbocycles. The number of amides is 3. The van der Waals surface area contributed by atoms with Gasteiger partial charge in [0.15, 0.2) is 0 Å². The summed E-state index contributed by atoms with van der Waals surface area (Å²) in [6, 6.07) is 13.5. The molecule has 0 spiro atoms. The maximum absolute atomic E-state index is 13.4. The first-order chi connectivity index (χ1) is 16.1. The number of nitrogens with zero attached hydrogens (tertiary/aromatic N) is 3. The van der Waals surface area contributed by atoms with Crippen LogP contribution >= 0.6 is 0 Å². The number of hydrogen-bond donors (Lipinski definition) is 1. The Morgan fingerprint density at radius 1 is 1.03 bits per heavy atom. The van der Waals surface area contributed by atoms with Gasteiger partial charge in [-0.3, -0.25) is 4.79 Å². The van der Waals surface area contributed by atoms with Gasteiger partial charge in [-0.1, -0.05) is 24.3 Å². The lowest BCUT2D eigenvalue weighted by molar-refractivity contribution is -0.111. The van der Waals surface area contributed by atoms with E-state index in [2.05, 4.69) is 11.4 Å². The molecule has 2 aliphatic rings. The van der Waals surface area contributed by atoms with Gasteiger partial charge in [-0.05, 0) is 73.9 Å². The molecule has 7 nitrogen and oxygen atoms in total. The average Bonchev–Trinajstić information content (AvgIpc) is 3.27. The standard InChI is InChI=1S/C26H32N4O3/c1-20-18-22(25(32)29-15-5-4-9-21-8-2-3-10-24(21)29)11-12-23(20)19-27-26(33)30(16-17-31)28-13-6-7-14-28/h2-3,8,10-12,17-18H,4-7,9,13-16,19H2,1H3,(H,27,33). The Morgan fingerprint density at radius 2 is 1.79 bits per heavy atom. The second-order valence-corrected chi connectivity index (χ2v) is 8.75. The van der Waals surface area contributed by atoms with Crippen molar-refractivity contribution < 1.29 is 14.4 Å². The Hall–Kier alpha value is -3.19. The largest absolute Gasteiger partial charge is 0.333 e. The number of nitrogens with one attached hydrogen (secondary N) is 1. The van der Waals surface area contributed by atoms with Crippen molar-refractivity contribution in [2.45, 2.75) is 45.6 Å². The number of hydrazine groups is 1. The quantitative estimate of drug-likeness (QED) is 0.684. The topological polar surface area (TPSA) is 73.0 Å². The molecule has 1 fully saturated rings. The van der Waals surface area contributed by atoms with Gasteiger partial charge in [-0.2, -0.15) is 0 Å². The minimum Gasteiger partial charge on any atom is -0.333 e. The predicted molar refractivity (Wildman–Crippen MR) is 128 cm³/mol. The molecule has 2 heterocycles. The number of fused-ring (bicyclic) bond motifs is 1. The van der Waals surface area contributed by atoms with Crippen molar-refractivity contribution in [1.82, 2.24) is 15.3 Å². The fourth-order valence-corrected chi connectivity index (χ4v) is 4.69. The molecule has 4 rings (SSSR count). The van der Waals surface area contributed by atoms with Crippen LogP contribution in [-0.4, -0.2) is 54.4 Å². The van der Waals surface area contributed by atoms with E-state index in [1.165, 1.54) is 10.6 Å². The number of para-hydroxylation sites is 1. The molecule has 3 amide bonds. The van der Waals surface area contributed by atoms with E-state index in [0.29, 0.717) is 12.1 Å². The minimum atomic E-state index is -0.273. The maximum atomic E-state index is 13.4. The van der Waals surface area contributed by atoms with E-state index in [0.717, 1.165) is 74.8 Å². The van der Waals surface area contributed by atoms with E-state index >= 15 is 0 Å². The number of anilines is 1. The van der Waals surface area contributed by atoms with Crippen LogP contribution in [0.25, 0.3) is 0 Å². The summed E-state index contributed by atoms with van der Waals surface area (Å²) in [6.07, 6.45) is 5.87. The van der Waals surface area contributed by atoms with Crippen LogP contribution < -0.4 is 10.2 Å². The van der Waals surface area contributed by atoms with E-state index in [1.807, 2.05) is 53.2 Å². The highest BCUT2D eigenvalue weighted by Crippen LogP contribution is 2.28. The van der Waals surface area contributed by atoms with Crippen molar-refractivity contribution in [3.05, 3.63) is 64.7 Å². The lowest BCUT2D eigenvalue weighted by Gasteiger charge is -2.30. The van der Waals surface area contributed by atoms with Gasteiger partial charge in [-0.15, -0.1) is 0 Å². The summed E-state index contributed by atoms with van der Waals surface area (Å²) >= 11 is 0. The summed E-state index contributed by atoms with van der Waals surface area (Å²) in [5.74, 6) is 0.00854. The number of carbonyl (C=O) groups is 3. The molecule has 2 aromatic rings. The Labute approximate surface area is 195 Å². The lowest BCUT2D eigenvalue weighted by Crippen LogP contribution is -2.50. The molecule has 1 N–H and O–H groups in total. The van der Waals surface area contributed by atoms with Gasteiger partial charge in [0.25, 0.3) is 5.91 Å².